The predicted molar refractivity (Wildman–Crippen MR) is 150 cm³/mol. The first kappa shape index (κ1) is 29.7. The third-order valence-electron chi connectivity index (χ3n) is 6.74. The molecule has 1 aliphatic rings. The summed E-state index contributed by atoms with van der Waals surface area (Å²) in [6, 6.07) is 20.7. The minimum Gasteiger partial charge on any atom is -0.376 e. The zero-order valence-electron chi connectivity index (χ0n) is 22.2. The lowest BCUT2D eigenvalue weighted by atomic mass is 9.94. The summed E-state index contributed by atoms with van der Waals surface area (Å²) in [6.45, 7) is 3.37. The minimum atomic E-state index is -4.83. The molecule has 1 unspecified atom stereocenters. The number of halogens is 3. The molecule has 0 radical (unpaired) electrons. The van der Waals surface area contributed by atoms with Crippen LogP contribution in [-0.4, -0.2) is 28.2 Å². The molecular weight excluding hydrogens is 537 g/mol. The van der Waals surface area contributed by atoms with Gasteiger partial charge in [0.1, 0.15) is 0 Å². The van der Waals surface area contributed by atoms with Crippen LogP contribution in [0.2, 0.25) is 0 Å². The maximum absolute atomic E-state index is 13.7. The Bertz CT molecular complexity index is 1420. The summed E-state index contributed by atoms with van der Waals surface area (Å²) in [5.74, 6) is 0. The van der Waals surface area contributed by atoms with Crippen LogP contribution in [0, 0.1) is 0 Å². The first-order valence-electron chi connectivity index (χ1n) is 13.1. The SMILES string of the molecule is CC1=CCC(COCCN[C@H](c2ccccc2)C(NS(=O)(=O)c2ccccc2C(F)(F)F)c2ccccc2)=CC1. The van der Waals surface area contributed by atoms with Crippen LogP contribution < -0.4 is 10.0 Å². The molecule has 0 amide bonds. The van der Waals surface area contributed by atoms with Gasteiger partial charge in [-0.3, -0.25) is 0 Å². The van der Waals surface area contributed by atoms with Crippen molar-refractivity contribution >= 4 is 10.0 Å². The van der Waals surface area contributed by atoms with E-state index in [2.05, 4.69) is 29.1 Å². The van der Waals surface area contributed by atoms with Gasteiger partial charge in [-0.1, -0.05) is 90.5 Å². The van der Waals surface area contributed by atoms with Crippen LogP contribution in [-0.2, 0) is 20.9 Å². The molecule has 0 bridgehead atoms. The Labute approximate surface area is 233 Å². The highest BCUT2D eigenvalue weighted by atomic mass is 32.2. The van der Waals surface area contributed by atoms with Gasteiger partial charge < -0.3 is 10.1 Å². The molecule has 40 heavy (non-hydrogen) atoms. The molecule has 0 spiro atoms. The molecule has 2 N–H and O–H groups in total. The van der Waals surface area contributed by atoms with Crippen molar-refractivity contribution in [1.29, 1.82) is 0 Å². The van der Waals surface area contributed by atoms with Gasteiger partial charge in [-0.25, -0.2) is 13.1 Å². The Balaban J connectivity index is 1.59. The molecule has 0 aromatic heterocycles. The second-order valence-electron chi connectivity index (χ2n) is 9.72. The summed E-state index contributed by atoms with van der Waals surface area (Å²) >= 11 is 0. The molecule has 0 saturated carbocycles. The number of ether oxygens (including phenoxy) is 1. The normalized spacial score (nSPS) is 15.7. The van der Waals surface area contributed by atoms with Crippen LogP contribution in [0.15, 0.2) is 113 Å². The van der Waals surface area contributed by atoms with E-state index in [1.54, 1.807) is 30.3 Å². The van der Waals surface area contributed by atoms with Crippen molar-refractivity contribution in [1.82, 2.24) is 10.0 Å². The average Bonchev–Trinajstić information content (AvgIpc) is 2.95. The van der Waals surface area contributed by atoms with Gasteiger partial charge in [0.15, 0.2) is 0 Å². The summed E-state index contributed by atoms with van der Waals surface area (Å²) in [5.41, 5.74) is 2.71. The summed E-state index contributed by atoms with van der Waals surface area (Å²) in [5, 5.41) is 3.39. The number of sulfonamides is 1. The van der Waals surface area contributed by atoms with Crippen molar-refractivity contribution in [2.24, 2.45) is 0 Å². The molecule has 0 saturated heterocycles. The number of hydrogen-bond donors (Lipinski definition) is 2. The van der Waals surface area contributed by atoms with Crippen LogP contribution in [0.25, 0.3) is 0 Å². The zero-order valence-corrected chi connectivity index (χ0v) is 23.0. The van der Waals surface area contributed by atoms with Crippen molar-refractivity contribution in [3.8, 4) is 0 Å². The third-order valence-corrected chi connectivity index (χ3v) is 8.24. The Hall–Kier alpha value is -3.24. The maximum atomic E-state index is 13.7. The monoisotopic (exact) mass is 570 g/mol. The quantitative estimate of drug-likeness (QED) is 0.187. The first-order chi connectivity index (χ1) is 19.1. The fourth-order valence-corrected chi connectivity index (χ4v) is 6.09. The highest BCUT2D eigenvalue weighted by Gasteiger charge is 2.38. The van der Waals surface area contributed by atoms with E-state index in [0.29, 0.717) is 25.3 Å². The molecule has 0 aliphatic heterocycles. The highest BCUT2D eigenvalue weighted by Crippen LogP contribution is 2.36. The van der Waals surface area contributed by atoms with E-state index in [9.17, 15) is 21.6 Å². The number of alkyl halides is 3. The number of hydrogen-bond acceptors (Lipinski definition) is 4. The van der Waals surface area contributed by atoms with E-state index in [1.165, 1.54) is 23.3 Å². The molecule has 1 aliphatic carbocycles. The maximum Gasteiger partial charge on any atom is 0.417 e. The Morgan fingerprint density at radius 2 is 1.43 bits per heavy atom. The van der Waals surface area contributed by atoms with Gasteiger partial charge >= 0.3 is 6.18 Å². The number of nitrogens with one attached hydrogen (secondary N) is 2. The van der Waals surface area contributed by atoms with Gasteiger partial charge in [0, 0.05) is 6.54 Å². The Morgan fingerprint density at radius 3 is 2.02 bits per heavy atom. The molecule has 3 aromatic carbocycles. The first-order valence-corrected chi connectivity index (χ1v) is 14.6. The van der Waals surface area contributed by atoms with E-state index in [4.69, 9.17) is 4.74 Å². The molecule has 2 atom stereocenters. The highest BCUT2D eigenvalue weighted by molar-refractivity contribution is 7.89. The van der Waals surface area contributed by atoms with Crippen LogP contribution in [0.1, 0.15) is 48.5 Å². The molecule has 0 heterocycles. The summed E-state index contributed by atoms with van der Waals surface area (Å²) in [4.78, 5) is -0.816. The van der Waals surface area contributed by atoms with Crippen LogP contribution in [0.3, 0.4) is 0 Å². The lowest BCUT2D eigenvalue weighted by Crippen LogP contribution is -2.40. The molecule has 212 valence electrons. The molecule has 5 nitrogen and oxygen atoms in total. The van der Waals surface area contributed by atoms with E-state index in [1.807, 2.05) is 30.3 Å². The molecule has 9 heteroatoms. The van der Waals surface area contributed by atoms with E-state index in [-0.39, 0.29) is 0 Å². The van der Waals surface area contributed by atoms with Gasteiger partial charge in [0.2, 0.25) is 10.0 Å². The summed E-state index contributed by atoms with van der Waals surface area (Å²) in [7, 11) is -4.58. The van der Waals surface area contributed by atoms with Crippen LogP contribution in [0.5, 0.6) is 0 Å². The van der Waals surface area contributed by atoms with Gasteiger partial charge in [-0.05, 0) is 48.6 Å². The van der Waals surface area contributed by atoms with Gasteiger partial charge in [0.05, 0.1) is 35.8 Å². The van der Waals surface area contributed by atoms with Gasteiger partial charge in [0.25, 0.3) is 0 Å². The van der Waals surface area contributed by atoms with E-state index in [0.717, 1.165) is 30.5 Å². The fraction of sp³-hybridized carbons (Fsp3) is 0.290. The summed E-state index contributed by atoms with van der Waals surface area (Å²) < 4.78 is 76.7. The zero-order chi connectivity index (χ0) is 28.6. The standard InChI is InChI=1S/C31H33F3N2O3S/c1-23-16-18-24(19-17-23)22-39-21-20-35-29(25-10-4-2-5-11-25)30(26-12-6-3-7-13-26)36-40(37,38)28-15-9-8-14-27(28)31(32,33)34/h2-16,19,29-30,35-36H,17-18,20-22H2,1H3/t29-,30?/m1/s1. The summed E-state index contributed by atoms with van der Waals surface area (Å²) in [6.07, 6.45) is 1.32. The molecule has 3 aromatic rings. The largest absolute Gasteiger partial charge is 0.417 e. The molecule has 4 rings (SSSR count). The van der Waals surface area contributed by atoms with Gasteiger partial charge in [-0.2, -0.15) is 13.2 Å². The van der Waals surface area contributed by atoms with E-state index >= 15 is 0 Å². The second kappa shape index (κ2) is 13.4. The Morgan fingerprint density at radius 1 is 0.825 bits per heavy atom. The van der Waals surface area contributed by atoms with Crippen molar-refractivity contribution in [3.05, 3.63) is 125 Å². The Kier molecular flexibility index (Phi) is 9.97. The lowest BCUT2D eigenvalue weighted by molar-refractivity contribution is -0.139. The third kappa shape index (κ3) is 7.91. The van der Waals surface area contributed by atoms with Crippen molar-refractivity contribution in [3.63, 3.8) is 0 Å². The molecular formula is C31H33F3N2O3S. The van der Waals surface area contributed by atoms with Crippen molar-refractivity contribution in [2.45, 2.75) is 42.9 Å². The predicted octanol–water partition coefficient (Wildman–Crippen LogP) is 6.74. The van der Waals surface area contributed by atoms with Crippen LogP contribution in [0.4, 0.5) is 13.2 Å². The number of rotatable bonds is 12. The van der Waals surface area contributed by atoms with Gasteiger partial charge in [-0.15, -0.1) is 0 Å². The fourth-order valence-electron chi connectivity index (χ4n) is 4.63. The average molecular weight is 571 g/mol. The van der Waals surface area contributed by atoms with Crippen LogP contribution >= 0.6 is 0 Å². The topological polar surface area (TPSA) is 67.4 Å². The lowest BCUT2D eigenvalue weighted by Gasteiger charge is -2.30. The van der Waals surface area contributed by atoms with Crippen molar-refractivity contribution < 1.29 is 26.3 Å². The van der Waals surface area contributed by atoms with E-state index < -0.39 is 38.7 Å². The van der Waals surface area contributed by atoms with Crippen molar-refractivity contribution in [2.75, 3.05) is 19.8 Å². The minimum absolute atomic E-state index is 0.370. The number of allylic oxidation sites excluding steroid dienone is 3. The molecule has 0 fully saturated rings. The number of benzene rings is 3. The second-order valence-corrected chi connectivity index (χ2v) is 11.4. The smallest absolute Gasteiger partial charge is 0.376 e.